The number of halogens is 1. The van der Waals surface area contributed by atoms with Gasteiger partial charge >= 0.3 is 19.5 Å². The first kappa shape index (κ1) is 34.4. The van der Waals surface area contributed by atoms with E-state index in [1.165, 1.54) is 23.5 Å². The number of carbonyl (C=O) groups is 3. The Morgan fingerprint density at radius 2 is 1.49 bits per heavy atom. The lowest BCUT2D eigenvalue weighted by Gasteiger charge is -2.24. The maximum absolute atomic E-state index is 14.0. The summed E-state index contributed by atoms with van der Waals surface area (Å²) in [5.41, 5.74) is -1.01. The summed E-state index contributed by atoms with van der Waals surface area (Å²) in [5, 5.41) is 3.90. The van der Waals surface area contributed by atoms with Gasteiger partial charge in [0, 0.05) is 10.7 Å². The SMILES string of the molecule is CC(C)(C)C(=O)OCOP(=O)(CC[C@@H](Cc1cccc(F)c1)NC(=O)c1cc2ccccc2s1)OCOC(=O)C(C)(C)C. The summed E-state index contributed by atoms with van der Waals surface area (Å²) in [6.45, 7) is 8.66. The fourth-order valence-corrected chi connectivity index (χ4v) is 6.11. The van der Waals surface area contributed by atoms with Crippen LogP contribution in [-0.4, -0.2) is 43.6 Å². The van der Waals surface area contributed by atoms with Crippen LogP contribution in [0.2, 0.25) is 0 Å². The lowest BCUT2D eigenvalue weighted by molar-refractivity contribution is -0.162. The van der Waals surface area contributed by atoms with Gasteiger partial charge in [-0.3, -0.25) is 28.0 Å². The highest BCUT2D eigenvalue weighted by atomic mass is 32.1. The number of thiophene rings is 1. The molecule has 0 saturated carbocycles. The fraction of sp³-hybridized carbons (Fsp3) is 0.452. The average molecular weight is 636 g/mol. The number of nitrogens with one attached hydrogen (secondary N) is 1. The molecule has 43 heavy (non-hydrogen) atoms. The van der Waals surface area contributed by atoms with Gasteiger partial charge < -0.3 is 14.8 Å². The van der Waals surface area contributed by atoms with Crippen molar-refractivity contribution in [3.63, 3.8) is 0 Å². The number of benzene rings is 2. The first-order valence-corrected chi connectivity index (χ1v) is 16.4. The van der Waals surface area contributed by atoms with E-state index in [0.29, 0.717) is 10.4 Å². The molecule has 0 saturated heterocycles. The first-order valence-electron chi connectivity index (χ1n) is 13.8. The number of amides is 1. The van der Waals surface area contributed by atoms with Gasteiger partial charge in [0.2, 0.25) is 13.6 Å². The summed E-state index contributed by atoms with van der Waals surface area (Å²) in [6.07, 6.45) is 0.0943. The van der Waals surface area contributed by atoms with Crippen LogP contribution in [0.3, 0.4) is 0 Å². The predicted octanol–water partition coefficient (Wildman–Crippen LogP) is 7.09. The Labute approximate surface area is 255 Å². The third kappa shape index (κ3) is 10.8. The molecule has 3 rings (SSSR count). The lowest BCUT2D eigenvalue weighted by atomic mass is 9.98. The van der Waals surface area contributed by atoms with E-state index in [9.17, 15) is 23.3 Å². The van der Waals surface area contributed by atoms with Crippen LogP contribution < -0.4 is 5.32 Å². The van der Waals surface area contributed by atoms with Crippen molar-refractivity contribution in [3.05, 3.63) is 70.9 Å². The molecule has 0 radical (unpaired) electrons. The maximum atomic E-state index is 14.0. The normalized spacial score (nSPS) is 13.0. The van der Waals surface area contributed by atoms with E-state index < -0.39 is 55.8 Å². The van der Waals surface area contributed by atoms with E-state index in [0.717, 1.165) is 10.1 Å². The van der Waals surface area contributed by atoms with Gasteiger partial charge in [-0.25, -0.2) is 4.39 Å². The molecule has 1 aromatic heterocycles. The zero-order valence-electron chi connectivity index (χ0n) is 25.3. The Kier molecular flexibility index (Phi) is 11.7. The van der Waals surface area contributed by atoms with Crippen molar-refractivity contribution in [2.75, 3.05) is 19.7 Å². The molecule has 1 atom stereocenters. The van der Waals surface area contributed by atoms with Gasteiger partial charge in [-0.05, 0) is 89.6 Å². The molecular formula is C31H39FNO8PS. The van der Waals surface area contributed by atoms with E-state index in [1.54, 1.807) is 59.7 Å². The molecule has 0 aliphatic rings. The second-order valence-electron chi connectivity index (χ2n) is 12.1. The highest BCUT2D eigenvalue weighted by molar-refractivity contribution is 7.53. The number of carbonyl (C=O) groups excluding carboxylic acids is 3. The van der Waals surface area contributed by atoms with Crippen molar-refractivity contribution >= 4 is 46.9 Å². The molecule has 0 spiro atoms. The minimum absolute atomic E-state index is 0.0882. The summed E-state index contributed by atoms with van der Waals surface area (Å²) < 4.78 is 49.8. The molecular weight excluding hydrogens is 596 g/mol. The third-order valence-corrected chi connectivity index (χ3v) is 9.13. The van der Waals surface area contributed by atoms with Gasteiger partial charge in [-0.15, -0.1) is 11.3 Å². The molecule has 0 aliphatic heterocycles. The number of hydrogen-bond acceptors (Lipinski definition) is 9. The second-order valence-corrected chi connectivity index (χ2v) is 15.4. The summed E-state index contributed by atoms with van der Waals surface area (Å²) in [7, 11) is -4.02. The van der Waals surface area contributed by atoms with Gasteiger partial charge in [0.25, 0.3) is 5.91 Å². The summed E-state index contributed by atoms with van der Waals surface area (Å²) in [5.74, 6) is -1.90. The van der Waals surface area contributed by atoms with Crippen LogP contribution in [-0.2, 0) is 39.1 Å². The average Bonchev–Trinajstić information content (AvgIpc) is 3.35. The molecule has 0 bridgehead atoms. The minimum Gasteiger partial charge on any atom is -0.438 e. The molecule has 234 valence electrons. The van der Waals surface area contributed by atoms with Crippen molar-refractivity contribution in [1.29, 1.82) is 0 Å². The number of fused-ring (bicyclic) bond motifs is 1. The Morgan fingerprint density at radius 1 is 0.884 bits per heavy atom. The minimum atomic E-state index is -4.02. The molecule has 2 aromatic carbocycles. The van der Waals surface area contributed by atoms with Crippen LogP contribution in [0.25, 0.3) is 10.1 Å². The quantitative estimate of drug-likeness (QED) is 0.120. The van der Waals surface area contributed by atoms with Gasteiger partial charge in [0.15, 0.2) is 0 Å². The summed E-state index contributed by atoms with van der Waals surface area (Å²) in [4.78, 5) is 38.2. The molecule has 0 fully saturated rings. The standard InChI is InChI=1S/C31H39FNO8PS/c1-30(2,3)28(35)38-19-40-42(37,41-20-39-29(36)31(4,5)6)15-14-24(17-21-10-9-12-23(32)16-21)33-27(34)26-18-22-11-7-8-13-25(22)43-26/h7-13,16,18,24H,14-15,17,19-20H2,1-6H3,(H,33,34)/t24-/m0/s1. The smallest absolute Gasteiger partial charge is 0.336 e. The number of hydrogen-bond donors (Lipinski definition) is 1. The molecule has 12 heteroatoms. The zero-order chi connectivity index (χ0) is 31.8. The molecule has 1 heterocycles. The van der Waals surface area contributed by atoms with Gasteiger partial charge in [-0.2, -0.15) is 0 Å². The Bertz CT molecular complexity index is 1410. The number of ether oxygens (including phenoxy) is 2. The van der Waals surface area contributed by atoms with Crippen molar-refractivity contribution in [3.8, 4) is 0 Å². The Morgan fingerprint density at radius 3 is 2.05 bits per heavy atom. The lowest BCUT2D eigenvalue weighted by Crippen LogP contribution is -2.37. The zero-order valence-corrected chi connectivity index (χ0v) is 27.0. The highest BCUT2D eigenvalue weighted by Gasteiger charge is 2.31. The molecule has 0 unspecified atom stereocenters. The topological polar surface area (TPSA) is 117 Å². The van der Waals surface area contributed by atoms with Crippen molar-refractivity contribution < 1.29 is 41.9 Å². The largest absolute Gasteiger partial charge is 0.438 e. The van der Waals surface area contributed by atoms with E-state index in [-0.39, 0.29) is 24.9 Å². The number of esters is 2. The second kappa shape index (κ2) is 14.6. The Hall–Kier alpha value is -3.11. The van der Waals surface area contributed by atoms with Crippen LogP contribution in [0, 0.1) is 16.6 Å². The maximum Gasteiger partial charge on any atom is 0.336 e. The summed E-state index contributed by atoms with van der Waals surface area (Å²) >= 11 is 1.34. The first-order chi connectivity index (χ1) is 20.1. The highest BCUT2D eigenvalue weighted by Crippen LogP contribution is 2.49. The van der Waals surface area contributed by atoms with Crippen molar-refractivity contribution in [2.45, 2.75) is 60.4 Å². The molecule has 0 aliphatic carbocycles. The van der Waals surface area contributed by atoms with Crippen molar-refractivity contribution in [1.82, 2.24) is 5.32 Å². The van der Waals surface area contributed by atoms with Crippen molar-refractivity contribution in [2.24, 2.45) is 10.8 Å². The molecule has 3 aromatic rings. The van der Waals surface area contributed by atoms with Crippen LogP contribution in [0.15, 0.2) is 54.6 Å². The molecule has 9 nitrogen and oxygen atoms in total. The van der Waals surface area contributed by atoms with Crippen LogP contribution in [0.5, 0.6) is 0 Å². The third-order valence-electron chi connectivity index (χ3n) is 6.21. The van der Waals surface area contributed by atoms with Gasteiger partial charge in [-0.1, -0.05) is 30.3 Å². The molecule has 1 N–H and O–H groups in total. The molecule has 1 amide bonds. The monoisotopic (exact) mass is 635 g/mol. The Balaban J connectivity index is 1.77. The van der Waals surface area contributed by atoms with E-state index in [4.69, 9.17) is 18.5 Å². The summed E-state index contributed by atoms with van der Waals surface area (Å²) in [6, 6.07) is 14.8. The predicted molar refractivity (Wildman–Crippen MR) is 163 cm³/mol. The van der Waals surface area contributed by atoms with Crippen LogP contribution >= 0.6 is 18.9 Å². The fourth-order valence-electron chi connectivity index (χ4n) is 3.76. The van der Waals surface area contributed by atoms with Crippen LogP contribution in [0.4, 0.5) is 4.39 Å². The van der Waals surface area contributed by atoms with Gasteiger partial charge in [0.05, 0.1) is 21.9 Å². The van der Waals surface area contributed by atoms with Crippen LogP contribution in [0.1, 0.15) is 63.2 Å². The van der Waals surface area contributed by atoms with E-state index >= 15 is 0 Å². The van der Waals surface area contributed by atoms with Gasteiger partial charge in [0.1, 0.15) is 5.82 Å². The number of rotatable bonds is 13. The van der Waals surface area contributed by atoms with E-state index in [1.807, 2.05) is 24.3 Å². The van der Waals surface area contributed by atoms with E-state index in [2.05, 4.69) is 5.32 Å².